The lowest BCUT2D eigenvalue weighted by atomic mass is 9.73. The van der Waals surface area contributed by atoms with Gasteiger partial charge in [0.25, 0.3) is 0 Å². The number of fused-ring (bicyclic) bond motifs is 1. The summed E-state index contributed by atoms with van der Waals surface area (Å²) in [5.41, 5.74) is -0.399. The quantitative estimate of drug-likeness (QED) is 0.910. The van der Waals surface area contributed by atoms with E-state index in [0.717, 1.165) is 0 Å². The Kier molecular flexibility index (Phi) is 2.97. The zero-order chi connectivity index (χ0) is 13.6. The van der Waals surface area contributed by atoms with E-state index in [1.807, 2.05) is 0 Å². The molecule has 4 nitrogen and oxygen atoms in total. The van der Waals surface area contributed by atoms with E-state index < -0.39 is 27.1 Å². The Balaban J connectivity index is 2.61. The summed E-state index contributed by atoms with van der Waals surface area (Å²) in [5, 5.41) is 9.39. The Morgan fingerprint density at radius 2 is 2.06 bits per heavy atom. The van der Waals surface area contributed by atoms with Crippen LogP contribution < -0.4 is 0 Å². The third-order valence-corrected chi connectivity index (χ3v) is 5.82. The Labute approximate surface area is 107 Å². The van der Waals surface area contributed by atoms with Crippen LogP contribution in [-0.4, -0.2) is 25.2 Å². The minimum Gasteiger partial charge on any atom is -0.481 e. The van der Waals surface area contributed by atoms with Crippen LogP contribution in [0.25, 0.3) is 0 Å². The Morgan fingerprint density at radius 1 is 1.44 bits per heavy atom. The minimum atomic E-state index is -3.34. The zero-order valence-electron chi connectivity index (χ0n) is 10.4. The largest absolute Gasteiger partial charge is 0.481 e. The number of carboxylic acid groups (broad SMARTS) is 1. The van der Waals surface area contributed by atoms with Crippen molar-refractivity contribution in [3.8, 4) is 0 Å². The van der Waals surface area contributed by atoms with Crippen molar-refractivity contribution in [3.63, 3.8) is 0 Å². The molecule has 0 aliphatic carbocycles. The van der Waals surface area contributed by atoms with Crippen molar-refractivity contribution in [2.75, 3.05) is 5.75 Å². The molecule has 0 aromatic heterocycles. The number of benzene rings is 1. The third-order valence-electron chi connectivity index (χ3n) is 4.01. The van der Waals surface area contributed by atoms with Crippen molar-refractivity contribution in [1.82, 2.24) is 0 Å². The van der Waals surface area contributed by atoms with E-state index in [0.29, 0.717) is 12.0 Å². The van der Waals surface area contributed by atoms with Gasteiger partial charge in [-0.05, 0) is 25.0 Å². The van der Waals surface area contributed by atoms with E-state index in [4.69, 9.17) is 0 Å². The van der Waals surface area contributed by atoms with E-state index >= 15 is 0 Å². The molecule has 0 spiro atoms. The van der Waals surface area contributed by atoms with Gasteiger partial charge in [-0.1, -0.05) is 25.1 Å². The Bertz CT molecular complexity index is 591. The number of aliphatic carboxylic acids is 1. The second-order valence-corrected chi connectivity index (χ2v) is 6.95. The number of sulfone groups is 1. The lowest BCUT2D eigenvalue weighted by molar-refractivity contribution is -0.149. The molecule has 1 aliphatic heterocycles. The molecular weight excluding hydrogens is 252 g/mol. The predicted octanol–water partition coefficient (Wildman–Crippen LogP) is 2.06. The lowest BCUT2D eigenvalue weighted by Crippen LogP contribution is -2.34. The molecule has 1 aromatic rings. The van der Waals surface area contributed by atoms with E-state index in [1.54, 1.807) is 38.1 Å². The van der Waals surface area contributed by atoms with Crippen molar-refractivity contribution < 1.29 is 18.3 Å². The summed E-state index contributed by atoms with van der Waals surface area (Å²) in [4.78, 5) is 11.8. The Morgan fingerprint density at radius 3 is 2.61 bits per heavy atom. The van der Waals surface area contributed by atoms with Crippen LogP contribution >= 0.6 is 0 Å². The van der Waals surface area contributed by atoms with E-state index in [1.165, 1.54) is 0 Å². The first-order valence-corrected chi connectivity index (χ1v) is 7.53. The van der Waals surface area contributed by atoms with E-state index in [-0.39, 0.29) is 10.6 Å². The Hall–Kier alpha value is -1.36. The van der Waals surface area contributed by atoms with Gasteiger partial charge in [-0.2, -0.15) is 0 Å². The van der Waals surface area contributed by atoms with Crippen LogP contribution in [0, 0.1) is 5.41 Å². The summed E-state index contributed by atoms with van der Waals surface area (Å²) < 4.78 is 24.1. The maximum atomic E-state index is 12.1. The van der Waals surface area contributed by atoms with Crippen LogP contribution in [0.3, 0.4) is 0 Å². The van der Waals surface area contributed by atoms with Gasteiger partial charge in [0, 0.05) is 5.92 Å². The van der Waals surface area contributed by atoms with Gasteiger partial charge in [0.15, 0.2) is 9.84 Å². The van der Waals surface area contributed by atoms with Crippen molar-refractivity contribution in [3.05, 3.63) is 29.8 Å². The standard InChI is InChI=1S/C13H16O4S/c1-3-13(2,12(14)15)10-8-18(16,17)11-7-5-4-6-9(10)11/h4-7,10H,3,8H2,1-2H3,(H,14,15). The molecular formula is C13H16O4S. The third kappa shape index (κ3) is 1.73. The molecule has 1 aromatic carbocycles. The smallest absolute Gasteiger partial charge is 0.309 e. The summed E-state index contributed by atoms with van der Waals surface area (Å²) in [6, 6.07) is 6.71. The minimum absolute atomic E-state index is 0.108. The van der Waals surface area contributed by atoms with Crippen molar-refractivity contribution in [2.24, 2.45) is 5.41 Å². The fourth-order valence-electron chi connectivity index (χ4n) is 2.52. The second kappa shape index (κ2) is 4.09. The topological polar surface area (TPSA) is 71.4 Å². The molecule has 0 saturated carbocycles. The van der Waals surface area contributed by atoms with E-state index in [2.05, 4.69) is 0 Å². The van der Waals surface area contributed by atoms with Crippen LogP contribution in [0.2, 0.25) is 0 Å². The monoisotopic (exact) mass is 268 g/mol. The van der Waals surface area contributed by atoms with Crippen LogP contribution in [0.1, 0.15) is 31.7 Å². The predicted molar refractivity (Wildman–Crippen MR) is 67.3 cm³/mol. The van der Waals surface area contributed by atoms with Crippen LogP contribution in [0.4, 0.5) is 0 Å². The second-order valence-electron chi connectivity index (χ2n) is 4.95. The van der Waals surface area contributed by atoms with Crippen LogP contribution in [0.5, 0.6) is 0 Å². The summed E-state index contributed by atoms with van der Waals surface area (Å²) in [6.07, 6.45) is 0.400. The highest BCUT2D eigenvalue weighted by molar-refractivity contribution is 7.91. The first-order valence-electron chi connectivity index (χ1n) is 5.88. The molecule has 0 saturated heterocycles. The molecule has 0 amide bonds. The summed E-state index contributed by atoms with van der Waals surface area (Å²) in [6.45, 7) is 3.40. The highest BCUT2D eigenvalue weighted by atomic mass is 32.2. The molecule has 2 unspecified atom stereocenters. The molecule has 98 valence electrons. The highest BCUT2D eigenvalue weighted by Gasteiger charge is 2.48. The van der Waals surface area contributed by atoms with Gasteiger partial charge in [-0.25, -0.2) is 8.42 Å². The van der Waals surface area contributed by atoms with Gasteiger partial charge in [-0.3, -0.25) is 4.79 Å². The molecule has 2 rings (SSSR count). The number of hydrogen-bond acceptors (Lipinski definition) is 3. The molecule has 18 heavy (non-hydrogen) atoms. The van der Waals surface area contributed by atoms with Gasteiger partial charge in [0.05, 0.1) is 16.1 Å². The van der Waals surface area contributed by atoms with Gasteiger partial charge in [0.1, 0.15) is 0 Å². The zero-order valence-corrected chi connectivity index (χ0v) is 11.2. The normalized spacial score (nSPS) is 24.2. The van der Waals surface area contributed by atoms with Crippen molar-refractivity contribution in [2.45, 2.75) is 31.1 Å². The van der Waals surface area contributed by atoms with Gasteiger partial charge < -0.3 is 5.11 Å². The number of carboxylic acids is 1. The summed E-state index contributed by atoms with van der Waals surface area (Å²) in [5.74, 6) is -1.52. The molecule has 0 radical (unpaired) electrons. The molecule has 1 heterocycles. The van der Waals surface area contributed by atoms with Crippen LogP contribution in [-0.2, 0) is 14.6 Å². The average molecular weight is 268 g/mol. The summed E-state index contributed by atoms with van der Waals surface area (Å²) in [7, 11) is -3.34. The average Bonchev–Trinajstić information content (AvgIpc) is 2.61. The molecule has 0 bridgehead atoms. The van der Waals surface area contributed by atoms with Crippen molar-refractivity contribution >= 4 is 15.8 Å². The van der Waals surface area contributed by atoms with Gasteiger partial charge in [0.2, 0.25) is 0 Å². The van der Waals surface area contributed by atoms with Crippen LogP contribution in [0.15, 0.2) is 29.2 Å². The molecule has 1 aliphatic rings. The van der Waals surface area contributed by atoms with Gasteiger partial charge in [-0.15, -0.1) is 0 Å². The fraction of sp³-hybridized carbons (Fsp3) is 0.462. The van der Waals surface area contributed by atoms with E-state index in [9.17, 15) is 18.3 Å². The van der Waals surface area contributed by atoms with Gasteiger partial charge >= 0.3 is 5.97 Å². The lowest BCUT2D eigenvalue weighted by Gasteiger charge is -2.29. The fourth-order valence-corrected chi connectivity index (χ4v) is 4.55. The first-order chi connectivity index (χ1) is 8.33. The molecule has 1 N–H and O–H groups in total. The van der Waals surface area contributed by atoms with Crippen molar-refractivity contribution in [1.29, 1.82) is 0 Å². The summed E-state index contributed by atoms with van der Waals surface area (Å²) >= 11 is 0. The number of rotatable bonds is 3. The number of carbonyl (C=O) groups is 1. The SMILES string of the molecule is CCC(C)(C(=O)O)C1CS(=O)(=O)c2ccccc21. The maximum Gasteiger partial charge on any atom is 0.309 e. The molecule has 2 atom stereocenters. The maximum absolute atomic E-state index is 12.1. The first kappa shape index (κ1) is 13.1. The molecule has 5 heteroatoms. The highest BCUT2D eigenvalue weighted by Crippen LogP contribution is 2.47. The molecule has 0 fully saturated rings. The number of hydrogen-bond donors (Lipinski definition) is 1.